The number of piperidine rings is 1. The number of rotatable bonds is 5. The monoisotopic (exact) mass is 345 g/mol. The Balaban J connectivity index is 1.78. The largest absolute Gasteiger partial charge is 0.396 e. The van der Waals surface area contributed by atoms with Crippen molar-refractivity contribution in [1.82, 2.24) is 4.90 Å². The molecular formula is C17H25F2NO2S. The first-order valence-electron chi connectivity index (χ1n) is 8.43. The zero-order valence-corrected chi connectivity index (χ0v) is 14.4. The maximum absolute atomic E-state index is 12.7. The molecule has 3 heterocycles. The van der Waals surface area contributed by atoms with E-state index in [-0.39, 0.29) is 18.6 Å². The molecule has 0 bridgehead atoms. The van der Waals surface area contributed by atoms with Crippen LogP contribution in [0.5, 0.6) is 0 Å². The third-order valence-electron chi connectivity index (χ3n) is 5.03. The maximum atomic E-state index is 12.7. The maximum Gasteiger partial charge on any atom is 0.243 e. The fraction of sp³-hybridized carbons (Fsp3) is 0.765. The lowest BCUT2D eigenvalue weighted by Crippen LogP contribution is -2.50. The molecule has 2 atom stereocenters. The summed E-state index contributed by atoms with van der Waals surface area (Å²) in [7, 11) is 0. The number of aliphatic hydroxyl groups is 1. The molecule has 0 unspecified atom stereocenters. The molecular weight excluding hydrogens is 320 g/mol. The van der Waals surface area contributed by atoms with Gasteiger partial charge in [-0.15, -0.1) is 11.3 Å². The Kier molecular flexibility index (Phi) is 5.35. The minimum absolute atomic E-state index is 0.147. The first kappa shape index (κ1) is 17.3. The van der Waals surface area contributed by atoms with Crippen molar-refractivity contribution in [2.75, 3.05) is 26.3 Å². The van der Waals surface area contributed by atoms with E-state index >= 15 is 0 Å². The van der Waals surface area contributed by atoms with Gasteiger partial charge in [-0.25, -0.2) is 8.78 Å². The lowest BCUT2D eigenvalue weighted by Gasteiger charge is -2.47. The van der Waals surface area contributed by atoms with Crippen LogP contribution in [0, 0.1) is 0 Å². The van der Waals surface area contributed by atoms with Gasteiger partial charge < -0.3 is 14.7 Å². The van der Waals surface area contributed by atoms with Gasteiger partial charge in [-0.1, -0.05) is 0 Å². The van der Waals surface area contributed by atoms with E-state index in [0.717, 1.165) is 43.6 Å². The molecule has 1 aromatic rings. The Morgan fingerprint density at radius 1 is 1.52 bits per heavy atom. The molecule has 0 amide bonds. The Labute approximate surface area is 140 Å². The van der Waals surface area contributed by atoms with Gasteiger partial charge in [-0.05, 0) is 44.2 Å². The van der Waals surface area contributed by atoms with Crippen molar-refractivity contribution in [2.24, 2.45) is 0 Å². The minimum atomic E-state index is -2.29. The van der Waals surface area contributed by atoms with Crippen molar-refractivity contribution in [1.29, 1.82) is 0 Å². The molecule has 1 N–H and O–H groups in total. The van der Waals surface area contributed by atoms with Crippen molar-refractivity contribution in [2.45, 2.75) is 57.1 Å². The van der Waals surface area contributed by atoms with E-state index in [4.69, 9.17) is 9.84 Å². The zero-order chi connectivity index (χ0) is 16.4. The quantitative estimate of drug-likeness (QED) is 0.890. The molecule has 2 aliphatic rings. The minimum Gasteiger partial charge on any atom is -0.396 e. The van der Waals surface area contributed by atoms with Crippen LogP contribution >= 0.6 is 11.3 Å². The van der Waals surface area contributed by atoms with Crippen molar-refractivity contribution in [3.05, 3.63) is 21.4 Å². The topological polar surface area (TPSA) is 32.7 Å². The van der Waals surface area contributed by atoms with Crippen molar-refractivity contribution < 1.29 is 18.6 Å². The molecule has 3 rings (SSSR count). The third kappa shape index (κ3) is 3.60. The first-order valence-corrected chi connectivity index (χ1v) is 9.25. The highest BCUT2D eigenvalue weighted by molar-refractivity contribution is 7.12. The second-order valence-electron chi connectivity index (χ2n) is 6.67. The second kappa shape index (κ2) is 7.13. The van der Waals surface area contributed by atoms with Crippen molar-refractivity contribution >= 4 is 11.3 Å². The van der Waals surface area contributed by atoms with E-state index in [9.17, 15) is 8.78 Å². The summed E-state index contributed by atoms with van der Waals surface area (Å²) in [5.41, 5.74) is 0.932. The summed E-state index contributed by atoms with van der Waals surface area (Å²) in [4.78, 5) is 4.37. The highest BCUT2D eigenvalue weighted by Gasteiger charge is 2.44. The van der Waals surface area contributed by atoms with E-state index in [1.165, 1.54) is 21.8 Å². The van der Waals surface area contributed by atoms with Gasteiger partial charge in [0.1, 0.15) is 5.60 Å². The summed E-state index contributed by atoms with van der Waals surface area (Å²) in [6, 6.07) is 2.35. The average molecular weight is 345 g/mol. The molecule has 0 aromatic carbocycles. The number of hydrogen-bond donors (Lipinski definition) is 1. The molecule has 0 aliphatic carbocycles. The van der Waals surface area contributed by atoms with Gasteiger partial charge in [0.15, 0.2) is 0 Å². The number of nitrogens with zero attached hydrogens (tertiary/aromatic N) is 1. The van der Waals surface area contributed by atoms with Gasteiger partial charge in [0.05, 0.1) is 6.61 Å². The number of aliphatic hydroxyl groups excluding tert-OH is 1. The molecule has 1 aromatic heterocycles. The van der Waals surface area contributed by atoms with Gasteiger partial charge in [-0.3, -0.25) is 0 Å². The predicted molar refractivity (Wildman–Crippen MR) is 87.3 cm³/mol. The second-order valence-corrected chi connectivity index (χ2v) is 7.81. The zero-order valence-electron chi connectivity index (χ0n) is 13.6. The van der Waals surface area contributed by atoms with E-state index in [1.807, 2.05) is 6.07 Å². The van der Waals surface area contributed by atoms with Gasteiger partial charge in [0, 0.05) is 41.9 Å². The molecule has 23 heavy (non-hydrogen) atoms. The van der Waals surface area contributed by atoms with Crippen molar-refractivity contribution in [3.63, 3.8) is 0 Å². The van der Waals surface area contributed by atoms with Gasteiger partial charge >= 0.3 is 0 Å². The number of halogens is 2. The van der Waals surface area contributed by atoms with Gasteiger partial charge in [-0.2, -0.15) is 0 Å². The normalized spacial score (nSPS) is 28.5. The van der Waals surface area contributed by atoms with Crippen molar-refractivity contribution in [3.8, 4) is 0 Å². The van der Waals surface area contributed by atoms with Gasteiger partial charge in [0.2, 0.25) is 6.43 Å². The molecule has 0 saturated carbocycles. The Bertz CT molecular complexity index is 537. The van der Waals surface area contributed by atoms with E-state index in [2.05, 4.69) is 11.8 Å². The molecule has 2 aliphatic heterocycles. The number of fused-ring (bicyclic) bond motifs is 2. The van der Waals surface area contributed by atoms with E-state index in [0.29, 0.717) is 12.6 Å². The van der Waals surface area contributed by atoms with E-state index < -0.39 is 6.43 Å². The average Bonchev–Trinajstić information content (AvgIpc) is 2.90. The smallest absolute Gasteiger partial charge is 0.243 e. The molecule has 1 saturated heterocycles. The summed E-state index contributed by atoms with van der Waals surface area (Å²) in [5, 5.41) is 9.02. The van der Waals surface area contributed by atoms with Crippen LogP contribution in [0.1, 0.15) is 41.5 Å². The summed E-state index contributed by atoms with van der Waals surface area (Å²) >= 11 is 1.53. The lowest BCUT2D eigenvalue weighted by molar-refractivity contribution is -0.109. The Morgan fingerprint density at radius 3 is 3.04 bits per heavy atom. The fourth-order valence-electron chi connectivity index (χ4n) is 3.93. The van der Waals surface area contributed by atoms with Crippen LogP contribution in [-0.4, -0.2) is 48.8 Å². The Morgan fingerprint density at radius 2 is 2.35 bits per heavy atom. The standard InChI is InChI=1S/C17H25F2NO2S/c1-12-11-17(4-6-20(12)5-2-7-21)16-13(3-8-22-17)9-14(23-16)10-15(18)19/h9,12,15,21H,2-8,10-11H2,1H3/t12-,17+/m0/s1. The molecule has 0 radical (unpaired) electrons. The molecule has 1 fully saturated rings. The van der Waals surface area contributed by atoms with E-state index in [1.54, 1.807) is 0 Å². The van der Waals surface area contributed by atoms with Gasteiger partial charge in [0.25, 0.3) is 0 Å². The fourth-order valence-corrected chi connectivity index (χ4v) is 5.32. The van der Waals surface area contributed by atoms with Crippen LogP contribution in [0.15, 0.2) is 6.07 Å². The van der Waals surface area contributed by atoms with Crippen LogP contribution in [0.2, 0.25) is 0 Å². The summed E-state index contributed by atoms with van der Waals surface area (Å²) in [6.45, 7) is 4.94. The highest BCUT2D eigenvalue weighted by atomic mass is 32.1. The summed E-state index contributed by atoms with van der Waals surface area (Å²) < 4.78 is 31.6. The van der Waals surface area contributed by atoms with Crippen LogP contribution in [0.4, 0.5) is 8.78 Å². The van der Waals surface area contributed by atoms with Crippen LogP contribution < -0.4 is 0 Å². The Hall–Kier alpha value is -0.560. The third-order valence-corrected chi connectivity index (χ3v) is 6.42. The number of hydrogen-bond acceptors (Lipinski definition) is 4. The number of alkyl halides is 2. The lowest BCUT2D eigenvalue weighted by atomic mass is 9.82. The predicted octanol–water partition coefficient (Wildman–Crippen LogP) is 3.19. The van der Waals surface area contributed by atoms with Crippen LogP contribution in [0.25, 0.3) is 0 Å². The summed E-state index contributed by atoms with van der Waals surface area (Å²) in [5.74, 6) is 0. The van der Waals surface area contributed by atoms with Crippen LogP contribution in [-0.2, 0) is 23.2 Å². The molecule has 1 spiro atoms. The molecule has 130 valence electrons. The number of likely N-dealkylation sites (tertiary alicyclic amines) is 1. The first-order chi connectivity index (χ1) is 11.0. The molecule has 3 nitrogen and oxygen atoms in total. The van der Waals surface area contributed by atoms with Crippen LogP contribution in [0.3, 0.4) is 0 Å². The molecule has 6 heteroatoms. The number of thiophene rings is 1. The number of ether oxygens (including phenoxy) is 1. The summed E-state index contributed by atoms with van der Waals surface area (Å²) in [6.07, 6.45) is 1.00. The highest BCUT2D eigenvalue weighted by Crippen LogP contribution is 2.47. The SMILES string of the molecule is C[C@H]1C[C@@]2(CCN1CCCO)OCCc1cc(CC(F)F)sc12.